The molecule has 0 aliphatic carbocycles. The molecule has 1 aromatic rings. The molecule has 2 rings (SSSR count). The van der Waals surface area contributed by atoms with E-state index < -0.39 is 5.97 Å². The molecule has 1 amide bonds. The number of nitrogens with zero attached hydrogens (tertiary/aromatic N) is 1. The molecule has 1 aromatic carbocycles. The van der Waals surface area contributed by atoms with Crippen molar-refractivity contribution in [2.24, 2.45) is 0 Å². The van der Waals surface area contributed by atoms with Crippen LogP contribution in [0.3, 0.4) is 0 Å². The van der Waals surface area contributed by atoms with E-state index in [4.69, 9.17) is 0 Å². The van der Waals surface area contributed by atoms with Gasteiger partial charge in [0.25, 0.3) is 0 Å². The van der Waals surface area contributed by atoms with Crippen molar-refractivity contribution in [3.63, 3.8) is 0 Å². The van der Waals surface area contributed by atoms with Crippen molar-refractivity contribution in [1.82, 2.24) is 0 Å². The summed E-state index contributed by atoms with van der Waals surface area (Å²) < 4.78 is 4.60. The largest absolute Gasteiger partial charge is 0.466 e. The lowest BCUT2D eigenvalue weighted by Crippen LogP contribution is -2.25. The van der Waals surface area contributed by atoms with Gasteiger partial charge in [-0.1, -0.05) is 18.2 Å². The molecule has 4 heteroatoms. The maximum atomic E-state index is 11.5. The second-order valence-electron chi connectivity index (χ2n) is 3.82. The molecule has 4 nitrogen and oxygen atoms in total. The fourth-order valence-electron chi connectivity index (χ4n) is 1.93. The van der Waals surface area contributed by atoms with Gasteiger partial charge in [0, 0.05) is 18.6 Å². The molecule has 0 bridgehead atoms. The average molecular weight is 231 g/mol. The van der Waals surface area contributed by atoms with Crippen LogP contribution in [0.4, 0.5) is 5.69 Å². The first kappa shape index (κ1) is 11.4. The number of hydrogen-bond acceptors (Lipinski definition) is 3. The minimum absolute atomic E-state index is 0.0364. The van der Waals surface area contributed by atoms with Crippen molar-refractivity contribution in [2.75, 3.05) is 18.6 Å². The van der Waals surface area contributed by atoms with Gasteiger partial charge < -0.3 is 9.64 Å². The number of rotatable bonds is 1. The highest BCUT2D eigenvalue weighted by molar-refractivity contribution is 6.05. The van der Waals surface area contributed by atoms with E-state index in [0.717, 1.165) is 16.8 Å². The predicted molar refractivity (Wildman–Crippen MR) is 64.5 cm³/mol. The van der Waals surface area contributed by atoms with Gasteiger partial charge in [0.2, 0.25) is 5.91 Å². The number of esters is 1. The van der Waals surface area contributed by atoms with Crippen molar-refractivity contribution in [1.29, 1.82) is 0 Å². The minimum Gasteiger partial charge on any atom is -0.466 e. The van der Waals surface area contributed by atoms with E-state index in [2.05, 4.69) is 4.74 Å². The van der Waals surface area contributed by atoms with Crippen molar-refractivity contribution in [2.45, 2.75) is 6.92 Å². The third-order valence-electron chi connectivity index (χ3n) is 2.74. The number of methoxy groups -OCH3 is 1. The summed E-state index contributed by atoms with van der Waals surface area (Å²) in [6, 6.07) is 7.52. The molecule has 0 spiro atoms. The van der Waals surface area contributed by atoms with Crippen LogP contribution in [0.2, 0.25) is 0 Å². The molecule has 0 radical (unpaired) electrons. The maximum Gasteiger partial charge on any atom is 0.330 e. The van der Waals surface area contributed by atoms with Gasteiger partial charge in [-0.05, 0) is 11.6 Å². The van der Waals surface area contributed by atoms with Crippen LogP contribution in [-0.4, -0.2) is 25.5 Å². The van der Waals surface area contributed by atoms with Crippen LogP contribution < -0.4 is 4.90 Å². The summed E-state index contributed by atoms with van der Waals surface area (Å²) in [6.45, 7) is 1.93. The zero-order chi connectivity index (χ0) is 12.4. The fourth-order valence-corrected chi connectivity index (χ4v) is 1.93. The molecule has 0 saturated carbocycles. The summed E-state index contributed by atoms with van der Waals surface area (Å²) in [5.74, 6) is -0.439. The quantitative estimate of drug-likeness (QED) is 0.545. The van der Waals surface area contributed by atoms with E-state index in [0.29, 0.717) is 6.54 Å². The molecular formula is C13H13NO3. The lowest BCUT2D eigenvalue weighted by Gasteiger charge is -2.13. The summed E-state index contributed by atoms with van der Waals surface area (Å²) in [5.41, 5.74) is 2.56. The van der Waals surface area contributed by atoms with Gasteiger partial charge in [-0.25, -0.2) is 4.79 Å². The van der Waals surface area contributed by atoms with E-state index in [1.807, 2.05) is 24.3 Å². The maximum absolute atomic E-state index is 11.5. The number of benzene rings is 1. The van der Waals surface area contributed by atoms with Gasteiger partial charge in [-0.3, -0.25) is 4.79 Å². The summed E-state index contributed by atoms with van der Waals surface area (Å²) in [5, 5.41) is 0. The van der Waals surface area contributed by atoms with Crippen molar-refractivity contribution in [3.8, 4) is 0 Å². The summed E-state index contributed by atoms with van der Waals surface area (Å²) in [7, 11) is 1.34. The Morgan fingerprint density at radius 2 is 2.06 bits per heavy atom. The number of fused-ring (bicyclic) bond motifs is 1. The van der Waals surface area contributed by atoms with Crippen molar-refractivity contribution < 1.29 is 14.3 Å². The first-order valence-corrected chi connectivity index (χ1v) is 5.29. The number of carbonyl (C=O) groups is 2. The number of amides is 1. The van der Waals surface area contributed by atoms with Gasteiger partial charge in [0.05, 0.1) is 19.3 Å². The highest BCUT2D eigenvalue weighted by Crippen LogP contribution is 2.35. The van der Waals surface area contributed by atoms with Gasteiger partial charge >= 0.3 is 5.97 Å². The lowest BCUT2D eigenvalue weighted by molar-refractivity contribution is -0.134. The minimum atomic E-state index is -0.403. The summed E-state index contributed by atoms with van der Waals surface area (Å²) >= 11 is 0. The molecule has 0 saturated heterocycles. The van der Waals surface area contributed by atoms with Crippen LogP contribution in [0.5, 0.6) is 0 Å². The van der Waals surface area contributed by atoms with Gasteiger partial charge in [0.15, 0.2) is 0 Å². The molecule has 0 N–H and O–H groups in total. The van der Waals surface area contributed by atoms with Gasteiger partial charge in [-0.2, -0.15) is 0 Å². The second-order valence-corrected chi connectivity index (χ2v) is 3.82. The van der Waals surface area contributed by atoms with Crippen LogP contribution in [-0.2, 0) is 14.3 Å². The molecule has 17 heavy (non-hydrogen) atoms. The zero-order valence-electron chi connectivity index (χ0n) is 9.77. The molecular weight excluding hydrogens is 218 g/mol. The van der Waals surface area contributed by atoms with Crippen LogP contribution >= 0.6 is 0 Å². The van der Waals surface area contributed by atoms with Crippen molar-refractivity contribution >= 4 is 23.1 Å². The molecule has 1 heterocycles. The van der Waals surface area contributed by atoms with Gasteiger partial charge in [-0.15, -0.1) is 0 Å². The Morgan fingerprint density at radius 1 is 1.35 bits per heavy atom. The molecule has 0 atom stereocenters. The zero-order valence-corrected chi connectivity index (χ0v) is 9.77. The standard InChI is InChI=1S/C13H13NO3/c1-9(15)14-8-10(7-13(16)17-2)11-5-3-4-6-12(11)14/h3-7H,8H2,1-2H3/b10-7-. The number of ether oxygens (including phenoxy) is 1. The second kappa shape index (κ2) is 4.41. The van der Waals surface area contributed by atoms with E-state index in [1.54, 1.807) is 4.90 Å². The third kappa shape index (κ3) is 2.06. The summed E-state index contributed by atoms with van der Waals surface area (Å²) in [6.07, 6.45) is 1.43. The Morgan fingerprint density at radius 3 is 2.71 bits per heavy atom. The van der Waals surface area contributed by atoms with Crippen LogP contribution in [0.1, 0.15) is 12.5 Å². The highest BCUT2D eigenvalue weighted by atomic mass is 16.5. The number of anilines is 1. The Balaban J connectivity index is 2.45. The first-order chi connectivity index (χ1) is 8.13. The molecule has 0 fully saturated rings. The Labute approximate surface area is 99.5 Å². The van der Waals surface area contributed by atoms with Crippen molar-refractivity contribution in [3.05, 3.63) is 35.9 Å². The summed E-state index contributed by atoms with van der Waals surface area (Å²) in [4.78, 5) is 24.4. The Kier molecular flexibility index (Phi) is 2.95. The monoisotopic (exact) mass is 231 g/mol. The number of para-hydroxylation sites is 1. The van der Waals surface area contributed by atoms with Crippen LogP contribution in [0.25, 0.3) is 5.57 Å². The normalized spacial score (nSPS) is 15.9. The lowest BCUT2D eigenvalue weighted by atomic mass is 10.1. The van der Waals surface area contributed by atoms with Gasteiger partial charge in [0.1, 0.15) is 0 Å². The van der Waals surface area contributed by atoms with Crippen LogP contribution in [0.15, 0.2) is 30.3 Å². The molecule has 0 unspecified atom stereocenters. The third-order valence-corrected chi connectivity index (χ3v) is 2.74. The SMILES string of the molecule is COC(=O)/C=C1/CN(C(C)=O)c2ccccc21. The Hall–Kier alpha value is -2.10. The fraction of sp³-hybridized carbons (Fsp3) is 0.231. The smallest absolute Gasteiger partial charge is 0.330 e. The molecule has 1 aliphatic heterocycles. The number of hydrogen-bond donors (Lipinski definition) is 0. The predicted octanol–water partition coefficient (Wildman–Crippen LogP) is 1.61. The highest BCUT2D eigenvalue weighted by Gasteiger charge is 2.26. The first-order valence-electron chi connectivity index (χ1n) is 5.29. The van der Waals surface area contributed by atoms with E-state index >= 15 is 0 Å². The average Bonchev–Trinajstić information content (AvgIpc) is 2.68. The topological polar surface area (TPSA) is 46.6 Å². The van der Waals surface area contributed by atoms with E-state index in [1.165, 1.54) is 20.1 Å². The molecule has 1 aliphatic rings. The van der Waals surface area contributed by atoms with E-state index in [-0.39, 0.29) is 5.91 Å². The van der Waals surface area contributed by atoms with Crippen LogP contribution in [0, 0.1) is 0 Å². The Bertz CT molecular complexity index is 505. The number of carbonyl (C=O) groups excluding carboxylic acids is 2. The molecule has 0 aromatic heterocycles. The molecule has 88 valence electrons. The van der Waals surface area contributed by atoms with E-state index in [9.17, 15) is 9.59 Å².